The number of carbonyl (C=O) groups excluding carboxylic acids is 2. The van der Waals surface area contributed by atoms with Gasteiger partial charge in [-0.15, -0.1) is 0 Å². The molecule has 1 aliphatic rings. The van der Waals surface area contributed by atoms with Gasteiger partial charge in [-0.25, -0.2) is 4.79 Å². The smallest absolute Gasteiger partial charge is 0.338 e. The quantitative estimate of drug-likeness (QED) is 0.291. The van der Waals surface area contributed by atoms with Crippen LogP contribution >= 0.6 is 12.2 Å². The first kappa shape index (κ1) is 23.1. The Balaban J connectivity index is 1.72. The fourth-order valence-electron chi connectivity index (χ4n) is 3.14. The molecule has 32 heavy (non-hydrogen) atoms. The zero-order valence-electron chi connectivity index (χ0n) is 17.3. The summed E-state index contributed by atoms with van der Waals surface area (Å²) in [5.74, 6) is -1.01. The fourth-order valence-corrected chi connectivity index (χ4v) is 3.35. The Morgan fingerprint density at radius 1 is 1.19 bits per heavy atom. The number of nitro benzene ring substituents is 1. The fraction of sp³-hybridized carbons (Fsp3) is 0.286. The van der Waals surface area contributed by atoms with E-state index in [0.29, 0.717) is 43.2 Å². The minimum Gasteiger partial charge on any atom is -0.462 e. The molecule has 0 aliphatic carbocycles. The highest BCUT2D eigenvalue weighted by atomic mass is 32.1. The Morgan fingerprint density at radius 3 is 2.50 bits per heavy atom. The molecule has 0 radical (unpaired) electrons. The molecule has 1 amide bonds. The number of nitro groups is 1. The van der Waals surface area contributed by atoms with Crippen LogP contribution in [0.5, 0.6) is 0 Å². The van der Waals surface area contributed by atoms with Gasteiger partial charge in [-0.3, -0.25) is 20.2 Å². The van der Waals surface area contributed by atoms with Gasteiger partial charge >= 0.3 is 5.97 Å². The van der Waals surface area contributed by atoms with Crippen LogP contribution in [0.2, 0.25) is 0 Å². The summed E-state index contributed by atoms with van der Waals surface area (Å²) in [6.07, 6.45) is 0. The summed E-state index contributed by atoms with van der Waals surface area (Å²) < 4.78 is 10.3. The van der Waals surface area contributed by atoms with Crippen LogP contribution in [0.3, 0.4) is 0 Å². The van der Waals surface area contributed by atoms with E-state index in [-0.39, 0.29) is 23.0 Å². The number of nitrogens with one attached hydrogen (secondary N) is 2. The number of morpholine rings is 1. The molecule has 2 aromatic carbocycles. The third kappa shape index (κ3) is 5.77. The van der Waals surface area contributed by atoms with Crippen molar-refractivity contribution in [2.75, 3.05) is 43.1 Å². The molecule has 0 spiro atoms. The van der Waals surface area contributed by atoms with Crippen molar-refractivity contribution in [1.82, 2.24) is 5.32 Å². The summed E-state index contributed by atoms with van der Waals surface area (Å²) in [7, 11) is 0. The molecule has 168 valence electrons. The summed E-state index contributed by atoms with van der Waals surface area (Å²) in [5, 5.41) is 16.6. The van der Waals surface area contributed by atoms with Crippen LogP contribution in [0.4, 0.5) is 17.1 Å². The maximum Gasteiger partial charge on any atom is 0.338 e. The second-order valence-electron chi connectivity index (χ2n) is 6.76. The SMILES string of the molecule is CCOC(=O)c1ccc(NC(=S)NC(=O)c2cc([N+](=O)[O-])ccc2N2CCOCC2)cc1. The molecule has 11 heteroatoms. The number of carbonyl (C=O) groups is 2. The van der Waals surface area contributed by atoms with Crippen molar-refractivity contribution >= 4 is 46.3 Å². The van der Waals surface area contributed by atoms with E-state index < -0.39 is 16.8 Å². The lowest BCUT2D eigenvalue weighted by atomic mass is 10.1. The Bertz CT molecular complexity index is 1020. The van der Waals surface area contributed by atoms with Gasteiger partial charge in [0.1, 0.15) is 0 Å². The van der Waals surface area contributed by atoms with E-state index in [0.717, 1.165) is 0 Å². The van der Waals surface area contributed by atoms with Crippen LogP contribution in [-0.4, -0.2) is 54.8 Å². The molecule has 10 nitrogen and oxygen atoms in total. The van der Waals surface area contributed by atoms with E-state index in [4.69, 9.17) is 21.7 Å². The number of benzene rings is 2. The lowest BCUT2D eigenvalue weighted by molar-refractivity contribution is -0.384. The van der Waals surface area contributed by atoms with Crippen LogP contribution in [-0.2, 0) is 9.47 Å². The number of hydrogen-bond donors (Lipinski definition) is 2. The number of thiocarbonyl (C=S) groups is 1. The standard InChI is InChI=1S/C21H22N4O6S/c1-2-31-20(27)14-3-5-15(6-4-14)22-21(32)23-19(26)17-13-16(25(28)29)7-8-18(17)24-9-11-30-12-10-24/h3-8,13H,2,9-12H2,1H3,(H2,22,23,26,32). The van der Waals surface area contributed by atoms with Crippen LogP contribution < -0.4 is 15.5 Å². The Kier molecular flexibility index (Phi) is 7.68. The van der Waals surface area contributed by atoms with E-state index >= 15 is 0 Å². The summed E-state index contributed by atoms with van der Waals surface area (Å²) in [6, 6.07) is 10.5. The van der Waals surface area contributed by atoms with Crippen LogP contribution in [0, 0.1) is 10.1 Å². The molecule has 0 atom stereocenters. The van der Waals surface area contributed by atoms with Crippen molar-refractivity contribution in [2.24, 2.45) is 0 Å². The maximum atomic E-state index is 12.9. The Hall–Kier alpha value is -3.57. The second-order valence-corrected chi connectivity index (χ2v) is 7.17. The van der Waals surface area contributed by atoms with Crippen molar-refractivity contribution in [3.63, 3.8) is 0 Å². The number of anilines is 2. The maximum absolute atomic E-state index is 12.9. The predicted molar refractivity (Wildman–Crippen MR) is 122 cm³/mol. The average Bonchev–Trinajstić information content (AvgIpc) is 2.79. The lowest BCUT2D eigenvalue weighted by Crippen LogP contribution is -2.39. The van der Waals surface area contributed by atoms with E-state index in [1.54, 1.807) is 37.3 Å². The first-order valence-corrected chi connectivity index (χ1v) is 10.3. The van der Waals surface area contributed by atoms with Gasteiger partial charge in [-0.2, -0.15) is 0 Å². The zero-order valence-corrected chi connectivity index (χ0v) is 18.1. The molecule has 1 heterocycles. The third-order valence-corrected chi connectivity index (χ3v) is 4.87. The molecular formula is C21H22N4O6S. The van der Waals surface area contributed by atoms with Gasteiger partial charge in [0.25, 0.3) is 11.6 Å². The Morgan fingerprint density at radius 2 is 1.88 bits per heavy atom. The highest BCUT2D eigenvalue weighted by Crippen LogP contribution is 2.26. The molecule has 0 aromatic heterocycles. The van der Waals surface area contributed by atoms with Gasteiger partial charge in [0.05, 0.1) is 41.6 Å². The number of esters is 1. The van der Waals surface area contributed by atoms with Crippen molar-refractivity contribution in [2.45, 2.75) is 6.92 Å². The van der Waals surface area contributed by atoms with Gasteiger partial charge in [-0.05, 0) is 49.5 Å². The van der Waals surface area contributed by atoms with E-state index in [2.05, 4.69) is 10.6 Å². The molecular weight excluding hydrogens is 436 g/mol. The van der Waals surface area contributed by atoms with Crippen LogP contribution in [0.1, 0.15) is 27.6 Å². The minimum atomic E-state index is -0.573. The normalized spacial score (nSPS) is 13.2. The first-order chi connectivity index (χ1) is 15.4. The number of non-ortho nitro benzene ring substituents is 1. The Labute approximate surface area is 189 Å². The summed E-state index contributed by atoms with van der Waals surface area (Å²) >= 11 is 5.22. The molecule has 2 aromatic rings. The average molecular weight is 458 g/mol. The first-order valence-electron chi connectivity index (χ1n) is 9.89. The van der Waals surface area contributed by atoms with Crippen molar-refractivity contribution in [3.8, 4) is 0 Å². The molecule has 1 aliphatic heterocycles. The number of hydrogen-bond acceptors (Lipinski definition) is 8. The lowest BCUT2D eigenvalue weighted by Gasteiger charge is -2.30. The molecule has 1 fully saturated rings. The van der Waals surface area contributed by atoms with Gasteiger partial charge in [-0.1, -0.05) is 0 Å². The van der Waals surface area contributed by atoms with Gasteiger partial charge in [0.15, 0.2) is 5.11 Å². The predicted octanol–water partition coefficient (Wildman–Crippen LogP) is 2.73. The molecule has 0 bridgehead atoms. The number of amides is 1. The highest BCUT2D eigenvalue weighted by Gasteiger charge is 2.22. The van der Waals surface area contributed by atoms with E-state index in [1.165, 1.54) is 12.1 Å². The highest BCUT2D eigenvalue weighted by molar-refractivity contribution is 7.80. The van der Waals surface area contributed by atoms with Gasteiger partial charge in [0.2, 0.25) is 0 Å². The summed E-state index contributed by atoms with van der Waals surface area (Å²) in [5.41, 5.74) is 1.45. The van der Waals surface area contributed by atoms with Crippen molar-refractivity contribution < 1.29 is 24.0 Å². The van der Waals surface area contributed by atoms with Crippen molar-refractivity contribution in [3.05, 3.63) is 63.7 Å². The topological polar surface area (TPSA) is 123 Å². The van der Waals surface area contributed by atoms with Crippen LogP contribution in [0.15, 0.2) is 42.5 Å². The monoisotopic (exact) mass is 458 g/mol. The number of nitrogens with zero attached hydrogens (tertiary/aromatic N) is 2. The second kappa shape index (κ2) is 10.6. The number of ether oxygens (including phenoxy) is 2. The van der Waals surface area contributed by atoms with Gasteiger partial charge in [0, 0.05) is 30.9 Å². The molecule has 0 saturated carbocycles. The largest absolute Gasteiger partial charge is 0.462 e. The zero-order chi connectivity index (χ0) is 23.1. The molecule has 1 saturated heterocycles. The van der Waals surface area contributed by atoms with Crippen LogP contribution in [0.25, 0.3) is 0 Å². The molecule has 2 N–H and O–H groups in total. The molecule has 0 unspecified atom stereocenters. The summed E-state index contributed by atoms with van der Waals surface area (Å²) in [4.78, 5) is 37.2. The molecule has 3 rings (SSSR count). The van der Waals surface area contributed by atoms with E-state index in [9.17, 15) is 19.7 Å². The van der Waals surface area contributed by atoms with Crippen molar-refractivity contribution in [1.29, 1.82) is 0 Å². The number of rotatable bonds is 6. The van der Waals surface area contributed by atoms with E-state index in [1.807, 2.05) is 4.90 Å². The van der Waals surface area contributed by atoms with Gasteiger partial charge < -0.3 is 19.7 Å². The minimum absolute atomic E-state index is 0.0123. The summed E-state index contributed by atoms with van der Waals surface area (Å²) in [6.45, 7) is 4.13. The third-order valence-electron chi connectivity index (χ3n) is 4.67.